The predicted octanol–water partition coefficient (Wildman–Crippen LogP) is 3.37. The van der Waals surface area contributed by atoms with Gasteiger partial charge >= 0.3 is 0 Å². The van der Waals surface area contributed by atoms with E-state index in [4.69, 9.17) is 0 Å². The van der Waals surface area contributed by atoms with E-state index in [9.17, 15) is 0 Å². The molecule has 19 heavy (non-hydrogen) atoms. The lowest BCUT2D eigenvalue weighted by molar-refractivity contribution is 0.0350. The molecule has 0 aromatic heterocycles. The molecule has 2 unspecified atom stereocenters. The highest BCUT2D eigenvalue weighted by Crippen LogP contribution is 2.31. The molecule has 1 saturated carbocycles. The summed E-state index contributed by atoms with van der Waals surface area (Å²) in [6.07, 6.45) is 10.8. The summed E-state index contributed by atoms with van der Waals surface area (Å²) in [5, 5.41) is 3.89. The molecule has 2 rings (SSSR count). The first-order valence-corrected chi connectivity index (χ1v) is 9.56. The second-order valence-corrected chi connectivity index (χ2v) is 7.66. The number of nitrogens with zero attached hydrogens (tertiary/aromatic N) is 1. The third-order valence-electron chi connectivity index (χ3n) is 5.47. The van der Waals surface area contributed by atoms with Gasteiger partial charge in [-0.2, -0.15) is 11.8 Å². The molecule has 0 amide bonds. The van der Waals surface area contributed by atoms with Crippen LogP contribution in [0.2, 0.25) is 0 Å². The quantitative estimate of drug-likeness (QED) is 0.833. The largest absolute Gasteiger partial charge is 0.311 e. The van der Waals surface area contributed by atoms with Crippen molar-refractivity contribution in [2.45, 2.75) is 64.0 Å². The fourth-order valence-corrected chi connectivity index (χ4v) is 4.15. The summed E-state index contributed by atoms with van der Waals surface area (Å²) in [5.41, 5.74) is 0.376. The van der Waals surface area contributed by atoms with Crippen LogP contribution < -0.4 is 5.32 Å². The summed E-state index contributed by atoms with van der Waals surface area (Å²) in [4.78, 5) is 2.78. The van der Waals surface area contributed by atoms with Gasteiger partial charge in [-0.25, -0.2) is 0 Å². The normalized spacial score (nSPS) is 34.6. The predicted molar refractivity (Wildman–Crippen MR) is 87.0 cm³/mol. The second kappa shape index (κ2) is 7.33. The standard InChI is InChI=1S/C16H32N2S/c1-4-16(2)13-17-15(12-18(16)10-11-19-3)14-8-6-5-7-9-14/h14-15,17H,4-13H2,1-3H3. The van der Waals surface area contributed by atoms with E-state index in [2.05, 4.69) is 30.3 Å². The Morgan fingerprint density at radius 1 is 1.26 bits per heavy atom. The van der Waals surface area contributed by atoms with Gasteiger partial charge in [0.25, 0.3) is 0 Å². The van der Waals surface area contributed by atoms with Crippen LogP contribution in [-0.4, -0.2) is 48.1 Å². The van der Waals surface area contributed by atoms with E-state index < -0.39 is 0 Å². The fraction of sp³-hybridized carbons (Fsp3) is 1.00. The van der Waals surface area contributed by atoms with Gasteiger partial charge in [0.2, 0.25) is 0 Å². The summed E-state index contributed by atoms with van der Waals surface area (Å²) >= 11 is 1.98. The van der Waals surface area contributed by atoms with E-state index in [1.165, 1.54) is 63.9 Å². The molecule has 2 atom stereocenters. The van der Waals surface area contributed by atoms with Crippen LogP contribution in [0, 0.1) is 5.92 Å². The molecule has 2 fully saturated rings. The van der Waals surface area contributed by atoms with Crippen molar-refractivity contribution >= 4 is 11.8 Å². The maximum Gasteiger partial charge on any atom is 0.0304 e. The maximum absolute atomic E-state index is 3.89. The molecular weight excluding hydrogens is 252 g/mol. The molecule has 112 valence electrons. The zero-order chi connectivity index (χ0) is 13.7. The van der Waals surface area contributed by atoms with Crippen LogP contribution in [0.25, 0.3) is 0 Å². The zero-order valence-corrected chi connectivity index (χ0v) is 13.9. The van der Waals surface area contributed by atoms with Crippen molar-refractivity contribution in [1.82, 2.24) is 10.2 Å². The smallest absolute Gasteiger partial charge is 0.0304 e. The van der Waals surface area contributed by atoms with Gasteiger partial charge in [-0.15, -0.1) is 0 Å². The van der Waals surface area contributed by atoms with Crippen molar-refractivity contribution in [2.75, 3.05) is 31.6 Å². The van der Waals surface area contributed by atoms with Crippen molar-refractivity contribution in [3.05, 3.63) is 0 Å². The Kier molecular flexibility index (Phi) is 6.04. The van der Waals surface area contributed by atoms with Gasteiger partial charge in [0.1, 0.15) is 0 Å². The van der Waals surface area contributed by atoms with Crippen molar-refractivity contribution in [2.24, 2.45) is 5.92 Å². The Bertz CT molecular complexity index is 265. The SMILES string of the molecule is CCC1(C)CNC(C2CCCCC2)CN1CCSC. The molecule has 2 nitrogen and oxygen atoms in total. The minimum atomic E-state index is 0.376. The molecule has 0 radical (unpaired) electrons. The Hall–Kier alpha value is 0.270. The molecular formula is C16H32N2S. The Balaban J connectivity index is 1.95. The monoisotopic (exact) mass is 284 g/mol. The van der Waals surface area contributed by atoms with E-state index in [0.717, 1.165) is 12.0 Å². The minimum Gasteiger partial charge on any atom is -0.311 e. The molecule has 0 aromatic carbocycles. The number of thioether (sulfide) groups is 1. The first kappa shape index (κ1) is 15.7. The Labute approximate surface area is 124 Å². The van der Waals surface area contributed by atoms with Crippen molar-refractivity contribution in [3.8, 4) is 0 Å². The molecule has 0 aromatic rings. The Morgan fingerprint density at radius 3 is 2.63 bits per heavy atom. The molecule has 1 heterocycles. The Morgan fingerprint density at radius 2 is 2.00 bits per heavy atom. The van der Waals surface area contributed by atoms with E-state index >= 15 is 0 Å². The highest BCUT2D eigenvalue weighted by atomic mass is 32.2. The summed E-state index contributed by atoms with van der Waals surface area (Å²) < 4.78 is 0. The summed E-state index contributed by atoms with van der Waals surface area (Å²) in [6, 6.07) is 0.752. The lowest BCUT2D eigenvalue weighted by Crippen LogP contribution is -2.65. The third-order valence-corrected chi connectivity index (χ3v) is 6.06. The first-order chi connectivity index (χ1) is 9.19. The minimum absolute atomic E-state index is 0.376. The third kappa shape index (κ3) is 3.89. The topological polar surface area (TPSA) is 15.3 Å². The van der Waals surface area contributed by atoms with Crippen LogP contribution in [-0.2, 0) is 0 Å². The molecule has 1 N–H and O–H groups in total. The van der Waals surface area contributed by atoms with Gasteiger partial charge in [0.05, 0.1) is 0 Å². The van der Waals surface area contributed by atoms with Gasteiger partial charge in [0, 0.05) is 37.0 Å². The second-order valence-electron chi connectivity index (χ2n) is 6.67. The summed E-state index contributed by atoms with van der Waals surface area (Å²) in [5.74, 6) is 2.21. The maximum atomic E-state index is 3.89. The van der Waals surface area contributed by atoms with Gasteiger partial charge in [-0.1, -0.05) is 26.2 Å². The average molecular weight is 285 g/mol. The van der Waals surface area contributed by atoms with Crippen molar-refractivity contribution in [3.63, 3.8) is 0 Å². The summed E-state index contributed by atoms with van der Waals surface area (Å²) in [7, 11) is 0. The zero-order valence-electron chi connectivity index (χ0n) is 13.1. The van der Waals surface area contributed by atoms with Crippen LogP contribution in [0.15, 0.2) is 0 Å². The van der Waals surface area contributed by atoms with Crippen molar-refractivity contribution < 1.29 is 0 Å². The van der Waals surface area contributed by atoms with Crippen molar-refractivity contribution in [1.29, 1.82) is 0 Å². The highest BCUT2D eigenvalue weighted by molar-refractivity contribution is 7.98. The molecule has 1 saturated heterocycles. The van der Waals surface area contributed by atoms with E-state index in [0.29, 0.717) is 5.54 Å². The summed E-state index contributed by atoms with van der Waals surface area (Å²) in [6.45, 7) is 8.50. The lowest BCUT2D eigenvalue weighted by Gasteiger charge is -2.50. The molecule has 0 bridgehead atoms. The molecule has 2 aliphatic rings. The molecule has 1 aliphatic heterocycles. The lowest BCUT2D eigenvalue weighted by atomic mass is 9.81. The van der Waals surface area contributed by atoms with Gasteiger partial charge in [-0.05, 0) is 38.4 Å². The van der Waals surface area contributed by atoms with Crippen LogP contribution >= 0.6 is 11.8 Å². The van der Waals surface area contributed by atoms with Crippen LogP contribution in [0.5, 0.6) is 0 Å². The number of hydrogen-bond acceptors (Lipinski definition) is 3. The first-order valence-electron chi connectivity index (χ1n) is 8.17. The number of rotatable bonds is 5. The van der Waals surface area contributed by atoms with E-state index in [1.807, 2.05) is 11.8 Å². The molecule has 0 spiro atoms. The molecule has 3 heteroatoms. The van der Waals surface area contributed by atoms with Gasteiger partial charge in [-0.3, -0.25) is 4.90 Å². The van der Waals surface area contributed by atoms with E-state index in [1.54, 1.807) is 0 Å². The number of nitrogens with one attached hydrogen (secondary N) is 1. The van der Waals surface area contributed by atoms with Crippen LogP contribution in [0.1, 0.15) is 52.4 Å². The highest BCUT2D eigenvalue weighted by Gasteiger charge is 2.38. The van der Waals surface area contributed by atoms with Crippen LogP contribution in [0.4, 0.5) is 0 Å². The van der Waals surface area contributed by atoms with Gasteiger partial charge < -0.3 is 5.32 Å². The average Bonchev–Trinajstić information content (AvgIpc) is 2.47. The fourth-order valence-electron chi connectivity index (χ4n) is 3.75. The molecule has 1 aliphatic carbocycles. The number of piperazine rings is 1. The van der Waals surface area contributed by atoms with E-state index in [-0.39, 0.29) is 0 Å². The number of hydrogen-bond donors (Lipinski definition) is 1. The van der Waals surface area contributed by atoms with Gasteiger partial charge in [0.15, 0.2) is 0 Å². The van der Waals surface area contributed by atoms with Crippen LogP contribution in [0.3, 0.4) is 0 Å².